The van der Waals surface area contributed by atoms with Gasteiger partial charge in [-0.2, -0.15) is 4.98 Å². The molecule has 0 saturated carbocycles. The van der Waals surface area contributed by atoms with Crippen LogP contribution < -0.4 is 0 Å². The lowest BCUT2D eigenvalue weighted by molar-refractivity contribution is 0.222. The van der Waals surface area contributed by atoms with E-state index in [-0.39, 0.29) is 12.5 Å². The molecule has 2 aromatic rings. The van der Waals surface area contributed by atoms with Crippen molar-refractivity contribution >= 4 is 23.2 Å². The molecule has 0 amide bonds. The average molecular weight is 259 g/mol. The first-order valence-corrected chi connectivity index (χ1v) is 5.31. The summed E-state index contributed by atoms with van der Waals surface area (Å²) in [6.07, 6.45) is 0.444. The van der Waals surface area contributed by atoms with Gasteiger partial charge in [-0.05, 0) is 17.7 Å². The van der Waals surface area contributed by atoms with Crippen LogP contribution in [0.1, 0.15) is 17.3 Å². The van der Waals surface area contributed by atoms with Gasteiger partial charge in [-0.1, -0.05) is 34.4 Å². The van der Waals surface area contributed by atoms with E-state index in [1.807, 2.05) is 0 Å². The van der Waals surface area contributed by atoms with Crippen molar-refractivity contribution in [2.24, 2.45) is 0 Å². The van der Waals surface area contributed by atoms with Crippen LogP contribution in [0.15, 0.2) is 22.7 Å². The fourth-order valence-corrected chi connectivity index (χ4v) is 1.74. The fraction of sp³-hybridized carbons (Fsp3) is 0.200. The van der Waals surface area contributed by atoms with E-state index in [4.69, 9.17) is 32.8 Å². The summed E-state index contributed by atoms with van der Waals surface area (Å²) in [5.74, 6) is 0.674. The molecule has 6 heteroatoms. The van der Waals surface area contributed by atoms with Crippen LogP contribution in [0.25, 0.3) is 0 Å². The molecule has 16 heavy (non-hydrogen) atoms. The number of aromatic nitrogens is 2. The zero-order valence-corrected chi connectivity index (χ0v) is 9.66. The molecule has 2 rings (SSSR count). The van der Waals surface area contributed by atoms with Gasteiger partial charge in [-0.3, -0.25) is 0 Å². The third-order valence-corrected chi connectivity index (χ3v) is 2.60. The molecule has 0 aliphatic rings. The summed E-state index contributed by atoms with van der Waals surface area (Å²) in [6, 6.07) is 5.21. The highest BCUT2D eigenvalue weighted by atomic mass is 35.5. The number of aliphatic hydroxyl groups is 1. The largest absolute Gasteiger partial charge is 0.387 e. The normalized spacial score (nSPS) is 10.7. The number of rotatable bonds is 3. The molecule has 0 bridgehead atoms. The van der Waals surface area contributed by atoms with Gasteiger partial charge < -0.3 is 9.63 Å². The molecule has 0 spiro atoms. The zero-order chi connectivity index (χ0) is 11.5. The van der Waals surface area contributed by atoms with E-state index in [0.29, 0.717) is 22.3 Å². The number of hydrogen-bond acceptors (Lipinski definition) is 4. The maximum absolute atomic E-state index is 8.77. The van der Waals surface area contributed by atoms with Crippen molar-refractivity contribution in [2.75, 3.05) is 0 Å². The number of halogens is 2. The van der Waals surface area contributed by atoms with Gasteiger partial charge >= 0.3 is 0 Å². The quantitative estimate of drug-likeness (QED) is 0.919. The van der Waals surface area contributed by atoms with Gasteiger partial charge in [0.15, 0.2) is 5.82 Å². The Kier molecular flexibility index (Phi) is 3.43. The lowest BCUT2D eigenvalue weighted by Gasteiger charge is -2.00. The monoisotopic (exact) mass is 258 g/mol. The number of hydrogen-bond donors (Lipinski definition) is 1. The summed E-state index contributed by atoms with van der Waals surface area (Å²) >= 11 is 11.8. The lowest BCUT2D eigenvalue weighted by Crippen LogP contribution is -1.92. The predicted molar refractivity (Wildman–Crippen MR) is 59.5 cm³/mol. The molecular formula is C10H8Cl2N2O2. The first-order chi connectivity index (χ1) is 7.69. The van der Waals surface area contributed by atoms with Gasteiger partial charge in [-0.15, -0.1) is 0 Å². The summed E-state index contributed by atoms with van der Waals surface area (Å²) in [6.45, 7) is -0.263. The van der Waals surface area contributed by atoms with Crippen LogP contribution in [-0.4, -0.2) is 15.2 Å². The molecule has 0 aliphatic carbocycles. The van der Waals surface area contributed by atoms with Gasteiger partial charge in [-0.25, -0.2) is 0 Å². The summed E-state index contributed by atoms with van der Waals surface area (Å²) < 4.78 is 4.77. The fourth-order valence-electron chi connectivity index (χ4n) is 1.26. The minimum Gasteiger partial charge on any atom is -0.387 e. The smallest absolute Gasteiger partial charge is 0.252 e. The van der Waals surface area contributed by atoms with Crippen LogP contribution in [0.3, 0.4) is 0 Å². The van der Waals surface area contributed by atoms with Gasteiger partial charge in [0.05, 0.1) is 0 Å². The van der Waals surface area contributed by atoms with Crippen molar-refractivity contribution in [2.45, 2.75) is 13.0 Å². The molecule has 4 nitrogen and oxygen atoms in total. The minimum atomic E-state index is -0.263. The van der Waals surface area contributed by atoms with E-state index >= 15 is 0 Å². The van der Waals surface area contributed by atoms with Crippen molar-refractivity contribution in [3.05, 3.63) is 45.5 Å². The van der Waals surface area contributed by atoms with E-state index in [0.717, 1.165) is 5.56 Å². The minimum absolute atomic E-state index is 0.195. The molecule has 0 fully saturated rings. The van der Waals surface area contributed by atoms with E-state index in [2.05, 4.69) is 10.1 Å². The van der Waals surface area contributed by atoms with Crippen molar-refractivity contribution in [1.82, 2.24) is 10.1 Å². The molecule has 1 aromatic heterocycles. The van der Waals surface area contributed by atoms with Gasteiger partial charge in [0.1, 0.15) is 6.61 Å². The Morgan fingerprint density at radius 1 is 1.31 bits per heavy atom. The maximum atomic E-state index is 8.77. The van der Waals surface area contributed by atoms with Crippen LogP contribution in [0.5, 0.6) is 0 Å². The zero-order valence-electron chi connectivity index (χ0n) is 8.15. The summed E-state index contributed by atoms with van der Waals surface area (Å²) in [5, 5.41) is 13.6. The van der Waals surface area contributed by atoms with E-state index in [1.165, 1.54) is 0 Å². The summed E-state index contributed by atoms with van der Waals surface area (Å²) in [7, 11) is 0. The molecular weight excluding hydrogens is 251 g/mol. The first-order valence-electron chi connectivity index (χ1n) is 4.55. The first kappa shape index (κ1) is 11.4. The predicted octanol–water partition coefficient (Wildman–Crippen LogP) is 2.46. The molecule has 0 radical (unpaired) electrons. The van der Waals surface area contributed by atoms with E-state index in [1.54, 1.807) is 18.2 Å². The molecule has 0 saturated heterocycles. The topological polar surface area (TPSA) is 59.2 Å². The van der Waals surface area contributed by atoms with Crippen molar-refractivity contribution < 1.29 is 9.63 Å². The second kappa shape index (κ2) is 4.82. The molecule has 0 atom stereocenters. The highest BCUT2D eigenvalue weighted by Crippen LogP contribution is 2.22. The van der Waals surface area contributed by atoms with Crippen molar-refractivity contribution in [3.8, 4) is 0 Å². The Morgan fingerprint density at radius 3 is 2.75 bits per heavy atom. The van der Waals surface area contributed by atoms with E-state index < -0.39 is 0 Å². The number of benzene rings is 1. The van der Waals surface area contributed by atoms with Crippen LogP contribution in [-0.2, 0) is 13.0 Å². The summed E-state index contributed by atoms with van der Waals surface area (Å²) in [4.78, 5) is 3.97. The van der Waals surface area contributed by atoms with Crippen molar-refractivity contribution in [1.29, 1.82) is 0 Å². The third kappa shape index (κ3) is 2.52. The average Bonchev–Trinajstić information content (AvgIpc) is 2.70. The van der Waals surface area contributed by atoms with Gasteiger partial charge in [0.25, 0.3) is 5.89 Å². The van der Waals surface area contributed by atoms with E-state index in [9.17, 15) is 0 Å². The Labute approximate surface area is 102 Å². The Balaban J connectivity index is 2.20. The Morgan fingerprint density at radius 2 is 2.12 bits per heavy atom. The SMILES string of the molecule is OCc1nc(Cc2ccc(Cl)cc2Cl)no1. The Hall–Kier alpha value is -1.10. The molecule has 1 aromatic carbocycles. The molecule has 1 heterocycles. The lowest BCUT2D eigenvalue weighted by atomic mass is 10.1. The highest BCUT2D eigenvalue weighted by molar-refractivity contribution is 6.35. The second-order valence-electron chi connectivity index (χ2n) is 3.17. The second-order valence-corrected chi connectivity index (χ2v) is 4.02. The van der Waals surface area contributed by atoms with Crippen LogP contribution in [0.4, 0.5) is 0 Å². The van der Waals surface area contributed by atoms with Crippen molar-refractivity contribution in [3.63, 3.8) is 0 Å². The van der Waals surface area contributed by atoms with Crippen LogP contribution in [0.2, 0.25) is 10.0 Å². The molecule has 0 unspecified atom stereocenters. The standard InChI is InChI=1S/C10H8Cl2N2O2/c11-7-2-1-6(8(12)4-7)3-9-13-10(5-15)16-14-9/h1-2,4,15H,3,5H2. The third-order valence-electron chi connectivity index (χ3n) is 2.01. The van der Waals surface area contributed by atoms with Gasteiger partial charge in [0.2, 0.25) is 0 Å². The molecule has 1 N–H and O–H groups in total. The van der Waals surface area contributed by atoms with Crippen LogP contribution >= 0.6 is 23.2 Å². The molecule has 84 valence electrons. The van der Waals surface area contributed by atoms with Crippen LogP contribution in [0, 0.1) is 0 Å². The number of aliphatic hydroxyl groups excluding tert-OH is 1. The number of nitrogens with zero attached hydrogens (tertiary/aromatic N) is 2. The van der Waals surface area contributed by atoms with Gasteiger partial charge in [0, 0.05) is 16.5 Å². The summed E-state index contributed by atoms with van der Waals surface area (Å²) in [5.41, 5.74) is 0.858. The Bertz CT molecular complexity index is 499. The molecule has 0 aliphatic heterocycles. The highest BCUT2D eigenvalue weighted by Gasteiger charge is 2.08. The maximum Gasteiger partial charge on any atom is 0.252 e.